The highest BCUT2D eigenvalue weighted by Gasteiger charge is 2.25. The van der Waals surface area contributed by atoms with Crippen LogP contribution in [0.1, 0.15) is 17.9 Å². The molecule has 2 rings (SSSR count). The van der Waals surface area contributed by atoms with Crippen molar-refractivity contribution in [2.24, 2.45) is 5.92 Å². The Balaban J connectivity index is 2.14. The number of hydrogen-bond donors (Lipinski definition) is 3. The second-order valence-electron chi connectivity index (χ2n) is 4.51. The zero-order valence-electron chi connectivity index (χ0n) is 9.74. The molecule has 0 aliphatic carbocycles. The monoisotopic (exact) mass is 220 g/mol. The molecule has 88 valence electrons. The Morgan fingerprint density at radius 2 is 2.19 bits per heavy atom. The molecule has 1 aliphatic heterocycles. The summed E-state index contributed by atoms with van der Waals surface area (Å²) in [6.45, 7) is 3.23. The first kappa shape index (κ1) is 11.4. The average Bonchev–Trinajstić information content (AvgIpc) is 2.81. The Kier molecular flexibility index (Phi) is 3.80. The number of nitrogens with one attached hydrogen (secondary N) is 2. The van der Waals surface area contributed by atoms with Gasteiger partial charge in [-0.1, -0.05) is 12.1 Å². The van der Waals surface area contributed by atoms with E-state index in [1.807, 2.05) is 19.2 Å². The van der Waals surface area contributed by atoms with Crippen LogP contribution in [-0.4, -0.2) is 31.8 Å². The van der Waals surface area contributed by atoms with Crippen LogP contribution < -0.4 is 10.6 Å². The van der Waals surface area contributed by atoms with Crippen molar-refractivity contribution < 1.29 is 5.11 Å². The Labute approximate surface area is 96.9 Å². The lowest BCUT2D eigenvalue weighted by atomic mass is 9.85. The normalized spacial score (nSPS) is 22.2. The summed E-state index contributed by atoms with van der Waals surface area (Å²) in [4.78, 5) is 0. The van der Waals surface area contributed by atoms with Gasteiger partial charge in [-0.05, 0) is 50.2 Å². The summed E-state index contributed by atoms with van der Waals surface area (Å²) in [6, 6.07) is 7.63. The van der Waals surface area contributed by atoms with Crippen molar-refractivity contribution in [1.29, 1.82) is 0 Å². The van der Waals surface area contributed by atoms with Crippen LogP contribution in [0, 0.1) is 5.92 Å². The molecule has 1 fully saturated rings. The molecule has 1 saturated heterocycles. The lowest BCUT2D eigenvalue weighted by molar-refractivity contribution is 0.440. The molecule has 1 aromatic carbocycles. The Hall–Kier alpha value is -1.06. The molecule has 0 saturated carbocycles. The van der Waals surface area contributed by atoms with Crippen LogP contribution in [0.15, 0.2) is 24.3 Å². The molecule has 1 heterocycles. The van der Waals surface area contributed by atoms with Gasteiger partial charge in [-0.3, -0.25) is 0 Å². The number of rotatable bonds is 4. The molecule has 3 heteroatoms. The highest BCUT2D eigenvalue weighted by molar-refractivity contribution is 5.29. The van der Waals surface area contributed by atoms with Crippen molar-refractivity contribution in [3.8, 4) is 5.75 Å². The minimum Gasteiger partial charge on any atom is -0.508 e. The fraction of sp³-hybridized carbons (Fsp3) is 0.538. The second kappa shape index (κ2) is 5.32. The molecular weight excluding hydrogens is 200 g/mol. The fourth-order valence-electron chi connectivity index (χ4n) is 2.52. The molecule has 16 heavy (non-hydrogen) atoms. The van der Waals surface area contributed by atoms with Gasteiger partial charge < -0.3 is 15.7 Å². The van der Waals surface area contributed by atoms with Crippen molar-refractivity contribution in [2.75, 3.05) is 26.7 Å². The summed E-state index contributed by atoms with van der Waals surface area (Å²) in [5.74, 6) is 1.59. The molecular formula is C13H20N2O. The summed E-state index contributed by atoms with van der Waals surface area (Å²) in [7, 11) is 2.00. The Morgan fingerprint density at radius 3 is 2.75 bits per heavy atom. The zero-order valence-corrected chi connectivity index (χ0v) is 9.74. The molecule has 1 aromatic rings. The van der Waals surface area contributed by atoms with Crippen LogP contribution in [0.25, 0.3) is 0 Å². The standard InChI is InChI=1S/C13H20N2O/c1-14-9-13(11-6-7-15-8-11)10-2-4-12(16)5-3-10/h2-5,11,13-16H,6-9H2,1H3. The van der Waals surface area contributed by atoms with Crippen molar-refractivity contribution in [1.82, 2.24) is 10.6 Å². The van der Waals surface area contributed by atoms with E-state index < -0.39 is 0 Å². The van der Waals surface area contributed by atoms with Gasteiger partial charge in [-0.2, -0.15) is 0 Å². The number of likely N-dealkylation sites (N-methyl/N-ethyl adjacent to an activating group) is 1. The summed E-state index contributed by atoms with van der Waals surface area (Å²) in [6.07, 6.45) is 1.24. The van der Waals surface area contributed by atoms with E-state index in [9.17, 15) is 5.11 Å². The molecule has 2 atom stereocenters. The molecule has 3 nitrogen and oxygen atoms in total. The van der Waals surface area contributed by atoms with Crippen molar-refractivity contribution >= 4 is 0 Å². The summed E-state index contributed by atoms with van der Waals surface area (Å²) >= 11 is 0. The topological polar surface area (TPSA) is 44.3 Å². The molecule has 0 spiro atoms. The molecule has 0 radical (unpaired) electrons. The number of phenolic OH excluding ortho intramolecular Hbond substituents is 1. The first-order valence-electron chi connectivity index (χ1n) is 5.95. The number of hydrogen-bond acceptors (Lipinski definition) is 3. The van der Waals surface area contributed by atoms with Crippen molar-refractivity contribution in [3.05, 3.63) is 29.8 Å². The lowest BCUT2D eigenvalue weighted by Crippen LogP contribution is -2.25. The van der Waals surface area contributed by atoms with E-state index in [0.29, 0.717) is 17.6 Å². The van der Waals surface area contributed by atoms with E-state index >= 15 is 0 Å². The molecule has 3 N–H and O–H groups in total. The molecule has 0 bridgehead atoms. The molecule has 0 amide bonds. The largest absolute Gasteiger partial charge is 0.508 e. The third kappa shape index (κ3) is 2.54. The first-order chi connectivity index (χ1) is 7.81. The van der Waals surface area contributed by atoms with Crippen LogP contribution in [0.2, 0.25) is 0 Å². The highest BCUT2D eigenvalue weighted by Crippen LogP contribution is 2.29. The van der Waals surface area contributed by atoms with Crippen LogP contribution >= 0.6 is 0 Å². The van der Waals surface area contributed by atoms with E-state index in [-0.39, 0.29) is 0 Å². The second-order valence-corrected chi connectivity index (χ2v) is 4.51. The van der Waals surface area contributed by atoms with E-state index in [4.69, 9.17) is 0 Å². The van der Waals surface area contributed by atoms with Crippen LogP contribution in [-0.2, 0) is 0 Å². The Bertz CT molecular complexity index is 317. The minimum atomic E-state index is 0.344. The van der Waals surface area contributed by atoms with E-state index in [1.165, 1.54) is 12.0 Å². The van der Waals surface area contributed by atoms with Crippen molar-refractivity contribution in [3.63, 3.8) is 0 Å². The molecule has 2 unspecified atom stereocenters. The van der Waals surface area contributed by atoms with E-state index in [1.54, 1.807) is 12.1 Å². The summed E-state index contributed by atoms with van der Waals surface area (Å²) < 4.78 is 0. The first-order valence-corrected chi connectivity index (χ1v) is 5.95. The quantitative estimate of drug-likeness (QED) is 0.717. The number of benzene rings is 1. The highest BCUT2D eigenvalue weighted by atomic mass is 16.3. The Morgan fingerprint density at radius 1 is 1.44 bits per heavy atom. The van der Waals surface area contributed by atoms with Crippen molar-refractivity contribution in [2.45, 2.75) is 12.3 Å². The van der Waals surface area contributed by atoms with E-state index in [2.05, 4.69) is 10.6 Å². The number of aromatic hydroxyl groups is 1. The predicted octanol–water partition coefficient (Wildman–Crippen LogP) is 1.30. The van der Waals surface area contributed by atoms with Gasteiger partial charge in [0.15, 0.2) is 0 Å². The van der Waals surface area contributed by atoms with Gasteiger partial charge in [0.25, 0.3) is 0 Å². The zero-order chi connectivity index (χ0) is 11.4. The summed E-state index contributed by atoms with van der Waals surface area (Å²) in [5.41, 5.74) is 1.32. The maximum Gasteiger partial charge on any atom is 0.115 e. The van der Waals surface area contributed by atoms with Gasteiger partial charge in [0, 0.05) is 12.5 Å². The van der Waals surface area contributed by atoms with Gasteiger partial charge in [0.1, 0.15) is 5.75 Å². The van der Waals surface area contributed by atoms with Gasteiger partial charge in [0.05, 0.1) is 0 Å². The van der Waals surface area contributed by atoms with Gasteiger partial charge in [0.2, 0.25) is 0 Å². The van der Waals surface area contributed by atoms with Crippen LogP contribution in [0.3, 0.4) is 0 Å². The molecule has 0 aromatic heterocycles. The van der Waals surface area contributed by atoms with E-state index in [0.717, 1.165) is 19.6 Å². The fourth-order valence-corrected chi connectivity index (χ4v) is 2.52. The van der Waals surface area contributed by atoms with Gasteiger partial charge >= 0.3 is 0 Å². The lowest BCUT2D eigenvalue weighted by Gasteiger charge is -2.23. The smallest absolute Gasteiger partial charge is 0.115 e. The van der Waals surface area contributed by atoms with Gasteiger partial charge in [-0.25, -0.2) is 0 Å². The predicted molar refractivity (Wildman–Crippen MR) is 65.8 cm³/mol. The summed E-state index contributed by atoms with van der Waals surface area (Å²) in [5, 5.41) is 16.0. The maximum atomic E-state index is 9.31. The third-order valence-corrected chi connectivity index (χ3v) is 3.41. The average molecular weight is 220 g/mol. The third-order valence-electron chi connectivity index (χ3n) is 3.41. The van der Waals surface area contributed by atoms with Gasteiger partial charge in [-0.15, -0.1) is 0 Å². The maximum absolute atomic E-state index is 9.31. The van der Waals surface area contributed by atoms with Crippen LogP contribution in [0.5, 0.6) is 5.75 Å². The SMILES string of the molecule is CNCC(c1ccc(O)cc1)C1CCNC1. The molecule has 1 aliphatic rings. The number of phenols is 1. The van der Waals surface area contributed by atoms with Crippen LogP contribution in [0.4, 0.5) is 0 Å². The minimum absolute atomic E-state index is 0.344.